The van der Waals surface area contributed by atoms with Gasteiger partial charge in [0.2, 0.25) is 0 Å². The topological polar surface area (TPSA) is 39.2 Å². The van der Waals surface area contributed by atoms with Crippen molar-refractivity contribution in [2.24, 2.45) is 5.73 Å². The van der Waals surface area contributed by atoms with Gasteiger partial charge in [0.05, 0.1) is 12.3 Å². The molecule has 0 bridgehead atoms. The van der Waals surface area contributed by atoms with Crippen LogP contribution < -0.4 is 5.73 Å². The Morgan fingerprint density at radius 2 is 1.50 bits per heavy atom. The Morgan fingerprint density at radius 3 is 2.04 bits per heavy atom. The van der Waals surface area contributed by atoms with E-state index in [1.165, 1.54) is 16.7 Å². The lowest BCUT2D eigenvalue weighted by Crippen LogP contribution is -2.08. The molecule has 1 heterocycles. The molecule has 2 heteroatoms. The van der Waals surface area contributed by atoms with E-state index in [2.05, 4.69) is 66.7 Å². The Balaban J connectivity index is 1.68. The van der Waals surface area contributed by atoms with Gasteiger partial charge >= 0.3 is 0 Å². The quantitative estimate of drug-likeness (QED) is 0.578. The minimum Gasteiger partial charge on any atom is -0.468 e. The first-order chi connectivity index (χ1) is 11.8. The van der Waals surface area contributed by atoms with Crippen molar-refractivity contribution in [3.05, 3.63) is 102 Å². The van der Waals surface area contributed by atoms with E-state index in [9.17, 15) is 0 Å². The van der Waals surface area contributed by atoms with Gasteiger partial charge in [-0.15, -0.1) is 0 Å². The predicted molar refractivity (Wildman–Crippen MR) is 99.5 cm³/mol. The molecule has 2 N–H and O–H groups in total. The Hall–Kier alpha value is -2.58. The van der Waals surface area contributed by atoms with Crippen LogP contribution >= 0.6 is 0 Å². The van der Waals surface area contributed by atoms with Gasteiger partial charge in [0.1, 0.15) is 5.76 Å². The van der Waals surface area contributed by atoms with E-state index in [4.69, 9.17) is 10.2 Å². The first kappa shape index (κ1) is 16.3. The van der Waals surface area contributed by atoms with Crippen LogP contribution in [0.4, 0.5) is 0 Å². The highest BCUT2D eigenvalue weighted by atomic mass is 16.3. The predicted octanol–water partition coefficient (Wildman–Crippen LogP) is 5.58. The SMILES string of the molecule is NC(CCCC=C(c1ccccc1)c1ccccc1)c1ccco1. The van der Waals surface area contributed by atoms with Crippen molar-refractivity contribution in [1.29, 1.82) is 0 Å². The van der Waals surface area contributed by atoms with Gasteiger partial charge in [0.15, 0.2) is 0 Å². The molecule has 2 aromatic carbocycles. The van der Waals surface area contributed by atoms with Crippen molar-refractivity contribution in [3.8, 4) is 0 Å². The smallest absolute Gasteiger partial charge is 0.120 e. The fourth-order valence-corrected chi connectivity index (χ4v) is 2.87. The second kappa shape index (κ2) is 8.32. The standard InChI is InChI=1S/C22H23NO/c23-21(22-16-9-17-24-22)15-8-7-14-20(18-10-3-1-4-11-18)19-12-5-2-6-13-19/h1-6,9-14,16-17,21H,7-8,15,23H2. The largest absolute Gasteiger partial charge is 0.468 e. The van der Waals surface area contributed by atoms with Crippen LogP contribution in [-0.4, -0.2) is 0 Å². The van der Waals surface area contributed by atoms with Crippen molar-refractivity contribution < 1.29 is 4.42 Å². The van der Waals surface area contributed by atoms with Gasteiger partial charge in [-0.05, 0) is 48.1 Å². The number of benzene rings is 2. The van der Waals surface area contributed by atoms with Gasteiger partial charge in [0.25, 0.3) is 0 Å². The third-order valence-electron chi connectivity index (χ3n) is 4.15. The number of unbranched alkanes of at least 4 members (excludes halogenated alkanes) is 1. The lowest BCUT2D eigenvalue weighted by molar-refractivity contribution is 0.447. The second-order valence-corrected chi connectivity index (χ2v) is 5.90. The van der Waals surface area contributed by atoms with Gasteiger partial charge in [-0.25, -0.2) is 0 Å². The Bertz CT molecular complexity index is 704. The number of nitrogens with two attached hydrogens (primary N) is 1. The summed E-state index contributed by atoms with van der Waals surface area (Å²) < 4.78 is 5.37. The molecular weight excluding hydrogens is 294 g/mol. The number of allylic oxidation sites excluding steroid dienone is 1. The number of furan rings is 1. The lowest BCUT2D eigenvalue weighted by Gasteiger charge is -2.10. The van der Waals surface area contributed by atoms with Crippen LogP contribution in [-0.2, 0) is 0 Å². The minimum atomic E-state index is -0.0229. The number of hydrogen-bond acceptors (Lipinski definition) is 2. The van der Waals surface area contributed by atoms with E-state index < -0.39 is 0 Å². The highest BCUT2D eigenvalue weighted by molar-refractivity contribution is 5.79. The maximum atomic E-state index is 6.16. The molecule has 0 saturated heterocycles. The fourth-order valence-electron chi connectivity index (χ4n) is 2.87. The van der Waals surface area contributed by atoms with Crippen molar-refractivity contribution in [3.63, 3.8) is 0 Å². The molecular formula is C22H23NO. The van der Waals surface area contributed by atoms with Crippen molar-refractivity contribution in [2.45, 2.75) is 25.3 Å². The normalized spacial score (nSPS) is 11.9. The summed E-state index contributed by atoms with van der Waals surface area (Å²) in [6, 6.07) is 24.9. The van der Waals surface area contributed by atoms with Crippen LogP contribution in [0.3, 0.4) is 0 Å². The van der Waals surface area contributed by atoms with Crippen molar-refractivity contribution >= 4 is 5.57 Å². The maximum absolute atomic E-state index is 6.16. The van der Waals surface area contributed by atoms with Crippen LogP contribution in [0.25, 0.3) is 5.57 Å². The average molecular weight is 317 g/mol. The average Bonchev–Trinajstić information content (AvgIpc) is 3.18. The molecule has 1 aromatic heterocycles. The van der Waals surface area contributed by atoms with E-state index in [0.29, 0.717) is 0 Å². The monoisotopic (exact) mass is 317 g/mol. The zero-order valence-corrected chi connectivity index (χ0v) is 13.8. The summed E-state index contributed by atoms with van der Waals surface area (Å²) in [5.41, 5.74) is 9.94. The van der Waals surface area contributed by atoms with Gasteiger partial charge in [-0.3, -0.25) is 0 Å². The molecule has 3 rings (SSSR count). The van der Waals surface area contributed by atoms with Crippen molar-refractivity contribution in [2.75, 3.05) is 0 Å². The summed E-state index contributed by atoms with van der Waals surface area (Å²) in [4.78, 5) is 0. The molecule has 0 radical (unpaired) electrons. The van der Waals surface area contributed by atoms with Crippen LogP contribution in [0, 0.1) is 0 Å². The van der Waals surface area contributed by atoms with Crippen LogP contribution in [0.15, 0.2) is 89.6 Å². The molecule has 0 amide bonds. The van der Waals surface area contributed by atoms with Gasteiger partial charge in [-0.1, -0.05) is 66.7 Å². The van der Waals surface area contributed by atoms with E-state index in [1.807, 2.05) is 12.1 Å². The number of rotatable bonds is 7. The molecule has 0 fully saturated rings. The van der Waals surface area contributed by atoms with Crippen LogP contribution in [0.2, 0.25) is 0 Å². The Kier molecular flexibility index (Phi) is 5.65. The first-order valence-electron chi connectivity index (χ1n) is 8.44. The van der Waals surface area contributed by atoms with Crippen molar-refractivity contribution in [1.82, 2.24) is 0 Å². The fraction of sp³-hybridized carbons (Fsp3) is 0.182. The van der Waals surface area contributed by atoms with Gasteiger partial charge in [-0.2, -0.15) is 0 Å². The molecule has 0 saturated carbocycles. The second-order valence-electron chi connectivity index (χ2n) is 5.90. The Labute approximate surface area is 143 Å². The zero-order chi connectivity index (χ0) is 16.6. The van der Waals surface area contributed by atoms with E-state index in [-0.39, 0.29) is 6.04 Å². The van der Waals surface area contributed by atoms with E-state index in [0.717, 1.165) is 25.0 Å². The van der Waals surface area contributed by atoms with Crippen LogP contribution in [0.5, 0.6) is 0 Å². The first-order valence-corrected chi connectivity index (χ1v) is 8.44. The molecule has 2 nitrogen and oxygen atoms in total. The molecule has 0 aliphatic heterocycles. The molecule has 0 aliphatic carbocycles. The third-order valence-corrected chi connectivity index (χ3v) is 4.15. The molecule has 1 atom stereocenters. The molecule has 1 unspecified atom stereocenters. The van der Waals surface area contributed by atoms with Crippen LogP contribution in [0.1, 0.15) is 42.2 Å². The summed E-state index contributed by atoms with van der Waals surface area (Å²) in [6.07, 6.45) is 6.94. The zero-order valence-electron chi connectivity index (χ0n) is 13.8. The minimum absolute atomic E-state index is 0.0229. The molecule has 3 aromatic rings. The van der Waals surface area contributed by atoms with Gasteiger partial charge in [0, 0.05) is 0 Å². The summed E-state index contributed by atoms with van der Waals surface area (Å²) >= 11 is 0. The molecule has 0 spiro atoms. The lowest BCUT2D eigenvalue weighted by atomic mass is 9.96. The Morgan fingerprint density at radius 1 is 0.875 bits per heavy atom. The summed E-state index contributed by atoms with van der Waals surface area (Å²) in [6.45, 7) is 0. The third kappa shape index (κ3) is 4.24. The maximum Gasteiger partial charge on any atom is 0.120 e. The van der Waals surface area contributed by atoms with E-state index in [1.54, 1.807) is 6.26 Å². The summed E-state index contributed by atoms with van der Waals surface area (Å²) in [5.74, 6) is 0.866. The highest BCUT2D eigenvalue weighted by Crippen LogP contribution is 2.25. The molecule has 122 valence electrons. The van der Waals surface area contributed by atoms with Gasteiger partial charge < -0.3 is 10.2 Å². The van der Waals surface area contributed by atoms with E-state index >= 15 is 0 Å². The summed E-state index contributed by atoms with van der Waals surface area (Å²) in [5, 5.41) is 0. The molecule has 24 heavy (non-hydrogen) atoms. The summed E-state index contributed by atoms with van der Waals surface area (Å²) in [7, 11) is 0. The highest BCUT2D eigenvalue weighted by Gasteiger charge is 2.08. The molecule has 0 aliphatic rings. The number of hydrogen-bond donors (Lipinski definition) is 1.